The van der Waals surface area contributed by atoms with Gasteiger partial charge in [0.15, 0.2) is 0 Å². The number of likely N-dealkylation sites (tertiary alicyclic amines) is 1. The summed E-state index contributed by atoms with van der Waals surface area (Å²) in [6.45, 7) is 4.08. The molecular formula is C24H31F3N4O2. The van der Waals surface area contributed by atoms with Crippen molar-refractivity contribution in [2.75, 3.05) is 20.1 Å². The van der Waals surface area contributed by atoms with Crippen LogP contribution in [-0.4, -0.2) is 58.8 Å². The number of pyridine rings is 1. The number of hydrogen-bond donors (Lipinski definition) is 1. The van der Waals surface area contributed by atoms with Crippen LogP contribution in [0.25, 0.3) is 0 Å². The molecule has 1 aromatic heterocycles. The lowest BCUT2D eigenvalue weighted by Crippen LogP contribution is -2.44. The molecule has 33 heavy (non-hydrogen) atoms. The van der Waals surface area contributed by atoms with Crippen LogP contribution in [0.5, 0.6) is 0 Å². The molecule has 1 saturated carbocycles. The summed E-state index contributed by atoms with van der Waals surface area (Å²) in [4.78, 5) is 34.0. The van der Waals surface area contributed by atoms with Crippen LogP contribution in [0.2, 0.25) is 0 Å². The minimum Gasteiger partial charge on any atom is -0.359 e. The van der Waals surface area contributed by atoms with Gasteiger partial charge in [0.1, 0.15) is 0 Å². The molecule has 0 radical (unpaired) electrons. The Kier molecular flexibility index (Phi) is 5.46. The monoisotopic (exact) mass is 464 g/mol. The second kappa shape index (κ2) is 7.96. The van der Waals surface area contributed by atoms with Gasteiger partial charge in [-0.15, -0.1) is 0 Å². The van der Waals surface area contributed by atoms with Crippen molar-refractivity contribution in [3.05, 3.63) is 29.1 Å². The fourth-order valence-corrected chi connectivity index (χ4v) is 6.84. The zero-order valence-corrected chi connectivity index (χ0v) is 19.1. The first-order valence-electron chi connectivity index (χ1n) is 12.0. The Balaban J connectivity index is 1.31. The molecule has 3 aliphatic heterocycles. The minimum absolute atomic E-state index is 0.00743. The fourth-order valence-electron chi connectivity index (χ4n) is 6.84. The molecule has 1 aromatic rings. The van der Waals surface area contributed by atoms with Gasteiger partial charge < -0.3 is 15.1 Å². The molecule has 2 unspecified atom stereocenters. The highest BCUT2D eigenvalue weighted by molar-refractivity contribution is 5.87. The lowest BCUT2D eigenvalue weighted by molar-refractivity contribution is -0.138. The van der Waals surface area contributed by atoms with Gasteiger partial charge in [0.25, 0.3) is 0 Å². The smallest absolute Gasteiger partial charge is 0.359 e. The van der Waals surface area contributed by atoms with E-state index in [1.54, 1.807) is 7.05 Å². The fraction of sp³-hybridized carbons (Fsp3) is 0.708. The first-order valence-corrected chi connectivity index (χ1v) is 12.0. The lowest BCUT2D eigenvalue weighted by atomic mass is 9.73. The number of nitrogens with one attached hydrogen (secondary N) is 1. The summed E-state index contributed by atoms with van der Waals surface area (Å²) in [5.74, 6) is 0.410. The van der Waals surface area contributed by atoms with Crippen LogP contribution >= 0.6 is 0 Å². The van der Waals surface area contributed by atoms with Crippen molar-refractivity contribution < 1.29 is 22.8 Å². The second-order valence-electron chi connectivity index (χ2n) is 10.3. The van der Waals surface area contributed by atoms with Crippen LogP contribution in [0.4, 0.5) is 13.2 Å². The molecule has 0 aromatic carbocycles. The van der Waals surface area contributed by atoms with Crippen LogP contribution in [0.15, 0.2) is 12.3 Å². The third kappa shape index (κ3) is 3.63. The second-order valence-corrected chi connectivity index (χ2v) is 10.3. The highest BCUT2D eigenvalue weighted by atomic mass is 19.4. The van der Waals surface area contributed by atoms with Crippen LogP contribution < -0.4 is 5.32 Å². The number of alkyl halides is 3. The van der Waals surface area contributed by atoms with Crippen LogP contribution in [0, 0.1) is 17.3 Å². The van der Waals surface area contributed by atoms with E-state index >= 15 is 0 Å². The molecule has 1 aliphatic carbocycles. The maximum atomic E-state index is 13.7. The van der Waals surface area contributed by atoms with E-state index in [1.165, 1.54) is 0 Å². The van der Waals surface area contributed by atoms with Crippen LogP contribution in [0.3, 0.4) is 0 Å². The van der Waals surface area contributed by atoms with Gasteiger partial charge in [0.05, 0.1) is 11.0 Å². The van der Waals surface area contributed by atoms with E-state index < -0.39 is 17.2 Å². The van der Waals surface area contributed by atoms with E-state index in [2.05, 4.69) is 22.1 Å². The molecule has 4 heterocycles. The van der Waals surface area contributed by atoms with Gasteiger partial charge in [-0.05, 0) is 62.7 Å². The molecule has 4 aliphatic rings. The standard InChI is InChI=1S/C24H31F3N4O2/c1-14-20-10-19-16(9-17(12-29-19)24(25,26)27)13-31(20)22(33)23(14)6-3-18(11-23)30-7-4-15(5-8-30)21(32)28-2/h9,12,14-15,18,20H,3-8,10-11,13H2,1-2H3,(H,28,32)/t14?,18-,20?,23-/m0/s1. The summed E-state index contributed by atoms with van der Waals surface area (Å²) in [6.07, 6.45) is 1.23. The third-order valence-corrected chi connectivity index (χ3v) is 8.85. The van der Waals surface area contributed by atoms with E-state index in [1.807, 2.05) is 4.90 Å². The summed E-state index contributed by atoms with van der Waals surface area (Å²) < 4.78 is 39.5. The zero-order chi connectivity index (χ0) is 23.5. The van der Waals surface area contributed by atoms with Crippen molar-refractivity contribution in [1.29, 1.82) is 0 Å². The van der Waals surface area contributed by atoms with Crippen molar-refractivity contribution in [3.8, 4) is 0 Å². The summed E-state index contributed by atoms with van der Waals surface area (Å²) in [5.41, 5.74) is 0.00784. The van der Waals surface area contributed by atoms with E-state index in [9.17, 15) is 22.8 Å². The van der Waals surface area contributed by atoms with Crippen molar-refractivity contribution in [3.63, 3.8) is 0 Å². The Morgan fingerprint density at radius 2 is 1.97 bits per heavy atom. The highest BCUT2D eigenvalue weighted by Crippen LogP contribution is 2.55. The molecule has 9 heteroatoms. The summed E-state index contributed by atoms with van der Waals surface area (Å²) in [5, 5.41) is 2.74. The summed E-state index contributed by atoms with van der Waals surface area (Å²) in [6, 6.07) is 1.47. The molecular weight excluding hydrogens is 433 g/mol. The van der Waals surface area contributed by atoms with Crippen LogP contribution in [-0.2, 0) is 28.7 Å². The SMILES string of the molecule is CNC(=O)C1CCN([C@H]2CC[C@@]3(C2)C(=O)N2Cc4cc(C(F)(F)F)cnc4CC2C3C)CC1. The Labute approximate surface area is 191 Å². The van der Waals surface area contributed by atoms with Gasteiger partial charge >= 0.3 is 6.18 Å². The van der Waals surface area contributed by atoms with Gasteiger partial charge in [0.2, 0.25) is 11.8 Å². The van der Waals surface area contributed by atoms with Crippen molar-refractivity contribution in [2.45, 2.75) is 70.3 Å². The van der Waals surface area contributed by atoms with Gasteiger partial charge in [-0.2, -0.15) is 13.2 Å². The van der Waals surface area contributed by atoms with Crippen molar-refractivity contribution >= 4 is 11.8 Å². The predicted molar refractivity (Wildman–Crippen MR) is 115 cm³/mol. The van der Waals surface area contributed by atoms with Crippen molar-refractivity contribution in [2.24, 2.45) is 17.3 Å². The van der Waals surface area contributed by atoms with Gasteiger partial charge in [-0.1, -0.05) is 6.92 Å². The molecule has 0 bridgehead atoms. The lowest BCUT2D eigenvalue weighted by Gasteiger charge is -2.36. The number of rotatable bonds is 2. The number of carbonyl (C=O) groups is 2. The van der Waals surface area contributed by atoms with E-state index in [4.69, 9.17) is 0 Å². The number of aromatic nitrogens is 1. The van der Waals surface area contributed by atoms with Gasteiger partial charge in [-0.25, -0.2) is 0 Å². The molecule has 6 nitrogen and oxygen atoms in total. The molecule has 4 atom stereocenters. The third-order valence-electron chi connectivity index (χ3n) is 8.85. The normalized spacial score (nSPS) is 32.8. The first-order chi connectivity index (χ1) is 15.6. The molecule has 1 N–H and O–H groups in total. The number of hydrogen-bond acceptors (Lipinski definition) is 4. The summed E-state index contributed by atoms with van der Waals surface area (Å²) >= 11 is 0. The highest BCUT2D eigenvalue weighted by Gasteiger charge is 2.61. The average Bonchev–Trinajstić information content (AvgIpc) is 3.34. The number of amides is 2. The van der Waals surface area contributed by atoms with E-state index in [0.717, 1.165) is 57.5 Å². The van der Waals surface area contributed by atoms with Gasteiger partial charge in [0, 0.05) is 49.9 Å². The first kappa shape index (κ1) is 22.6. The maximum Gasteiger partial charge on any atom is 0.417 e. The van der Waals surface area contributed by atoms with E-state index in [0.29, 0.717) is 23.7 Å². The minimum atomic E-state index is -4.44. The molecule has 1 spiro atoms. The topological polar surface area (TPSA) is 65.5 Å². The molecule has 2 amide bonds. The Hall–Kier alpha value is -2.16. The maximum absolute atomic E-state index is 13.7. The Bertz CT molecular complexity index is 960. The predicted octanol–water partition coefficient (Wildman–Crippen LogP) is 3.00. The quantitative estimate of drug-likeness (QED) is 0.731. The number of halogens is 3. The zero-order valence-electron chi connectivity index (χ0n) is 19.1. The molecule has 5 rings (SSSR count). The Morgan fingerprint density at radius 1 is 1.24 bits per heavy atom. The number of piperidine rings is 1. The molecule has 3 fully saturated rings. The number of fused-ring (bicyclic) bond motifs is 2. The average molecular weight is 465 g/mol. The molecule has 2 saturated heterocycles. The number of nitrogens with zero attached hydrogens (tertiary/aromatic N) is 3. The van der Waals surface area contributed by atoms with E-state index in [-0.39, 0.29) is 36.2 Å². The largest absolute Gasteiger partial charge is 0.417 e. The summed E-state index contributed by atoms with van der Waals surface area (Å²) in [7, 11) is 1.68. The Morgan fingerprint density at radius 3 is 2.64 bits per heavy atom. The van der Waals surface area contributed by atoms with Gasteiger partial charge in [-0.3, -0.25) is 14.6 Å². The van der Waals surface area contributed by atoms with Crippen LogP contribution in [0.1, 0.15) is 55.8 Å². The molecule has 180 valence electrons. The van der Waals surface area contributed by atoms with Crippen molar-refractivity contribution in [1.82, 2.24) is 20.1 Å². The number of carbonyl (C=O) groups excluding carboxylic acids is 2.